The molecule has 4 aromatic rings. The molecule has 1 N–H and O–H groups in total. The number of benzene rings is 3. The molecule has 1 heterocycles. The van der Waals surface area contributed by atoms with Gasteiger partial charge in [-0.3, -0.25) is 14.8 Å². The average Bonchev–Trinajstić information content (AvgIpc) is 3.16. The first kappa shape index (κ1) is 26.0. The first-order valence-corrected chi connectivity index (χ1v) is 12.9. The second-order valence-corrected chi connectivity index (χ2v) is 10.0. The van der Waals surface area contributed by atoms with Gasteiger partial charge in [0.1, 0.15) is 5.75 Å². The lowest BCUT2D eigenvalue weighted by molar-refractivity contribution is -0.385. The van der Waals surface area contributed by atoms with Gasteiger partial charge in [0.2, 0.25) is 0 Å². The number of ether oxygens (including phenoxy) is 2. The molecule has 4 rings (SSSR count). The van der Waals surface area contributed by atoms with Crippen LogP contribution in [0.4, 0.5) is 11.4 Å². The van der Waals surface area contributed by atoms with E-state index in [4.69, 9.17) is 21.1 Å². The second kappa shape index (κ2) is 10.1. The van der Waals surface area contributed by atoms with Gasteiger partial charge < -0.3 is 14.0 Å². The van der Waals surface area contributed by atoms with Crippen LogP contribution in [0.25, 0.3) is 16.6 Å². The first-order valence-electron chi connectivity index (χ1n) is 11.0. The summed E-state index contributed by atoms with van der Waals surface area (Å²) >= 11 is 6.66. The zero-order valence-electron chi connectivity index (χ0n) is 20.0. The smallest absolute Gasteiger partial charge is 0.340 e. The van der Waals surface area contributed by atoms with Crippen LogP contribution in [-0.2, 0) is 14.8 Å². The van der Waals surface area contributed by atoms with Gasteiger partial charge in [-0.05, 0) is 56.3 Å². The number of nitrogens with zero attached hydrogens (tertiary/aromatic N) is 2. The topological polar surface area (TPSA) is 130 Å². The fourth-order valence-electron chi connectivity index (χ4n) is 4.04. The highest BCUT2D eigenvalue weighted by molar-refractivity contribution is 7.92. The number of halogens is 1. The molecule has 192 valence electrons. The van der Waals surface area contributed by atoms with Crippen molar-refractivity contribution in [2.75, 3.05) is 18.4 Å². The molecule has 1 aromatic heterocycles. The van der Waals surface area contributed by atoms with Gasteiger partial charge in [-0.15, -0.1) is 0 Å². The summed E-state index contributed by atoms with van der Waals surface area (Å²) in [5.74, 6) is 0.0550. The van der Waals surface area contributed by atoms with E-state index >= 15 is 0 Å². The number of esters is 1. The highest BCUT2D eigenvalue weighted by atomic mass is 35.5. The lowest BCUT2D eigenvalue weighted by Crippen LogP contribution is -2.13. The first-order chi connectivity index (χ1) is 17.6. The summed E-state index contributed by atoms with van der Waals surface area (Å²) in [5.41, 5.74) is 1.65. The van der Waals surface area contributed by atoms with Gasteiger partial charge in [-0.2, -0.15) is 0 Å². The maximum absolute atomic E-state index is 13.0. The molecule has 0 aliphatic rings. The number of aromatic nitrogens is 1. The molecular weight excluding hydrogens is 522 g/mol. The third-order valence-corrected chi connectivity index (χ3v) is 7.32. The highest BCUT2D eigenvalue weighted by Crippen LogP contribution is 2.37. The monoisotopic (exact) mass is 543 g/mol. The molecule has 0 amide bonds. The van der Waals surface area contributed by atoms with Crippen molar-refractivity contribution >= 4 is 49.9 Å². The normalized spacial score (nSPS) is 11.4. The number of non-ortho nitro benzene ring substituents is 1. The van der Waals surface area contributed by atoms with E-state index in [0.29, 0.717) is 28.0 Å². The Kier molecular flexibility index (Phi) is 7.10. The Bertz CT molecular complexity index is 1630. The predicted molar refractivity (Wildman–Crippen MR) is 139 cm³/mol. The molecule has 0 aliphatic heterocycles. The predicted octanol–water partition coefficient (Wildman–Crippen LogP) is 5.49. The van der Waals surface area contributed by atoms with E-state index in [0.717, 1.165) is 6.07 Å². The van der Waals surface area contributed by atoms with E-state index in [1.165, 1.54) is 30.3 Å². The maximum Gasteiger partial charge on any atom is 0.340 e. The minimum absolute atomic E-state index is 0.0708. The van der Waals surface area contributed by atoms with Gasteiger partial charge in [0, 0.05) is 28.9 Å². The van der Waals surface area contributed by atoms with E-state index in [2.05, 4.69) is 4.72 Å². The number of rotatable bonds is 8. The fourth-order valence-corrected chi connectivity index (χ4v) is 5.43. The molecule has 0 atom stereocenters. The number of methoxy groups -OCH3 is 1. The van der Waals surface area contributed by atoms with Crippen LogP contribution in [-0.4, -0.2) is 37.6 Å². The number of fused-ring (bicyclic) bond motifs is 1. The van der Waals surface area contributed by atoms with Crippen molar-refractivity contribution in [3.63, 3.8) is 0 Å². The van der Waals surface area contributed by atoms with Gasteiger partial charge in [0.15, 0.2) is 0 Å². The molecule has 0 saturated heterocycles. The zero-order valence-corrected chi connectivity index (χ0v) is 21.6. The standard InChI is InChI=1S/C25H22ClN3O7S/c1-4-36-25(30)23-15(2)28(17-8-10-19(35-3)11-9-17)24-21(23)12-16(13-22(24)26)27-37(33,34)20-7-5-6-18(14-20)29(31)32/h5-14,27H,4H2,1-3H3. The van der Waals surface area contributed by atoms with Crippen LogP contribution in [0.3, 0.4) is 0 Å². The average molecular weight is 544 g/mol. The molecule has 0 unspecified atom stereocenters. The SMILES string of the molecule is CCOC(=O)c1c(C)n(-c2ccc(OC)cc2)c2c(Cl)cc(NS(=O)(=O)c3cccc([N+](=O)[O-])c3)cc12. The summed E-state index contributed by atoms with van der Waals surface area (Å²) in [6.07, 6.45) is 0. The summed E-state index contributed by atoms with van der Waals surface area (Å²) in [6.45, 7) is 3.56. The van der Waals surface area contributed by atoms with E-state index < -0.39 is 20.9 Å². The van der Waals surface area contributed by atoms with E-state index in [1.54, 1.807) is 49.8 Å². The second-order valence-electron chi connectivity index (χ2n) is 7.93. The summed E-state index contributed by atoms with van der Waals surface area (Å²) in [5, 5.41) is 11.6. The van der Waals surface area contributed by atoms with Crippen molar-refractivity contribution in [2.45, 2.75) is 18.7 Å². The number of hydrogen-bond donors (Lipinski definition) is 1. The van der Waals surface area contributed by atoms with Crippen LogP contribution in [0.1, 0.15) is 23.0 Å². The number of hydrogen-bond acceptors (Lipinski definition) is 7. The number of nitro benzene ring substituents is 1. The molecule has 0 fully saturated rings. The third-order valence-electron chi connectivity index (χ3n) is 5.65. The molecule has 0 saturated carbocycles. The van der Waals surface area contributed by atoms with Crippen molar-refractivity contribution in [2.24, 2.45) is 0 Å². The van der Waals surface area contributed by atoms with Gasteiger partial charge in [0.05, 0.1) is 45.3 Å². The summed E-state index contributed by atoms with van der Waals surface area (Å²) in [4.78, 5) is 23.1. The quantitative estimate of drug-likeness (QED) is 0.177. The number of nitro groups is 1. The van der Waals surface area contributed by atoms with Gasteiger partial charge in [-0.1, -0.05) is 17.7 Å². The van der Waals surface area contributed by atoms with E-state index in [1.807, 2.05) is 0 Å². The Morgan fingerprint density at radius 2 is 1.84 bits per heavy atom. The van der Waals surface area contributed by atoms with Crippen molar-refractivity contribution in [3.8, 4) is 11.4 Å². The summed E-state index contributed by atoms with van der Waals surface area (Å²) in [6, 6.07) is 14.7. The third kappa shape index (κ3) is 4.95. The largest absolute Gasteiger partial charge is 0.497 e. The van der Waals surface area contributed by atoms with Crippen molar-refractivity contribution in [1.82, 2.24) is 4.57 Å². The number of carbonyl (C=O) groups is 1. The fraction of sp³-hybridized carbons (Fsp3) is 0.160. The Morgan fingerprint density at radius 3 is 2.46 bits per heavy atom. The number of nitrogens with one attached hydrogen (secondary N) is 1. The van der Waals surface area contributed by atoms with Crippen molar-refractivity contribution in [1.29, 1.82) is 0 Å². The van der Waals surface area contributed by atoms with Crippen LogP contribution in [0.2, 0.25) is 5.02 Å². The van der Waals surface area contributed by atoms with Crippen LogP contribution < -0.4 is 9.46 Å². The van der Waals surface area contributed by atoms with E-state index in [9.17, 15) is 23.3 Å². The van der Waals surface area contributed by atoms with Crippen molar-refractivity contribution < 1.29 is 27.6 Å². The van der Waals surface area contributed by atoms with Gasteiger partial charge in [-0.25, -0.2) is 13.2 Å². The maximum atomic E-state index is 13.0. The highest BCUT2D eigenvalue weighted by Gasteiger charge is 2.26. The van der Waals surface area contributed by atoms with Crippen LogP contribution in [0.15, 0.2) is 65.6 Å². The molecule has 0 aliphatic carbocycles. The molecule has 10 nitrogen and oxygen atoms in total. The number of anilines is 1. The van der Waals surface area contributed by atoms with Gasteiger partial charge >= 0.3 is 5.97 Å². The Hall–Kier alpha value is -4.09. The minimum Gasteiger partial charge on any atom is -0.497 e. The Balaban J connectivity index is 1.89. The molecule has 37 heavy (non-hydrogen) atoms. The Labute approximate surface area is 217 Å². The van der Waals surface area contributed by atoms with Gasteiger partial charge in [0.25, 0.3) is 15.7 Å². The molecule has 0 radical (unpaired) electrons. The molecule has 0 spiro atoms. The molecule has 12 heteroatoms. The lowest BCUT2D eigenvalue weighted by atomic mass is 10.1. The number of sulfonamides is 1. The zero-order chi connectivity index (χ0) is 26.9. The molecule has 0 bridgehead atoms. The summed E-state index contributed by atoms with van der Waals surface area (Å²) in [7, 11) is -2.66. The Morgan fingerprint density at radius 1 is 1.14 bits per heavy atom. The van der Waals surface area contributed by atoms with E-state index in [-0.39, 0.29) is 33.5 Å². The lowest BCUT2D eigenvalue weighted by Gasteiger charge is -2.12. The summed E-state index contributed by atoms with van der Waals surface area (Å²) < 4.78 is 40.7. The molecular formula is C25H22ClN3O7S. The van der Waals surface area contributed by atoms with Crippen molar-refractivity contribution in [3.05, 3.63) is 87.1 Å². The molecule has 3 aromatic carbocycles. The van der Waals surface area contributed by atoms with Crippen LogP contribution in [0.5, 0.6) is 5.75 Å². The van der Waals surface area contributed by atoms with Crippen LogP contribution >= 0.6 is 11.6 Å². The van der Waals surface area contributed by atoms with Crippen LogP contribution in [0, 0.1) is 17.0 Å². The minimum atomic E-state index is -4.21. The number of carbonyl (C=O) groups excluding carboxylic acids is 1.